The van der Waals surface area contributed by atoms with Gasteiger partial charge in [0.25, 0.3) is 0 Å². The summed E-state index contributed by atoms with van der Waals surface area (Å²) in [5, 5.41) is 0.521. The third-order valence-corrected chi connectivity index (χ3v) is 3.73. The molecule has 142 valence electrons. The molecular weight excluding hydrogens is 383 g/mol. The van der Waals surface area contributed by atoms with E-state index in [4.69, 9.17) is 16.3 Å². The minimum atomic E-state index is -4.73. The highest BCUT2D eigenvalue weighted by atomic mass is 35.5. The molecule has 3 rings (SSSR count). The van der Waals surface area contributed by atoms with Crippen LogP contribution in [0, 0.1) is 0 Å². The summed E-state index contributed by atoms with van der Waals surface area (Å²) in [4.78, 5) is 20.2. The summed E-state index contributed by atoms with van der Waals surface area (Å²) in [6, 6.07) is 7.03. The Morgan fingerprint density at radius 1 is 1.19 bits per heavy atom. The van der Waals surface area contributed by atoms with E-state index in [9.17, 15) is 18.0 Å². The Kier molecular flexibility index (Phi) is 4.63. The molecule has 3 aromatic heterocycles. The lowest BCUT2D eigenvalue weighted by Gasteiger charge is -2.21. The molecule has 9 heteroatoms. The van der Waals surface area contributed by atoms with E-state index in [1.165, 1.54) is 24.3 Å². The van der Waals surface area contributed by atoms with Crippen LogP contribution in [-0.2, 0) is 10.9 Å². The molecule has 0 saturated carbocycles. The van der Waals surface area contributed by atoms with E-state index in [1.807, 2.05) is 0 Å². The lowest BCUT2D eigenvalue weighted by atomic mass is 10.2. The number of halogens is 4. The molecule has 0 spiro atoms. The average molecular weight is 398 g/mol. The number of hydrogen-bond acceptors (Lipinski definition) is 4. The topological polar surface area (TPSA) is 57.0 Å². The summed E-state index contributed by atoms with van der Waals surface area (Å²) in [7, 11) is 0. The SMILES string of the molecule is CC(C)(C)OC(=O)c1cc2ccc(Cl)nc2n1-c1cccnc1C(F)(F)F. The van der Waals surface area contributed by atoms with Crippen molar-refractivity contribution >= 4 is 28.6 Å². The zero-order valence-corrected chi connectivity index (χ0v) is 15.4. The van der Waals surface area contributed by atoms with Gasteiger partial charge in [0.05, 0.1) is 5.69 Å². The van der Waals surface area contributed by atoms with E-state index in [-0.39, 0.29) is 22.2 Å². The van der Waals surface area contributed by atoms with Crippen molar-refractivity contribution in [3.05, 3.63) is 53.1 Å². The van der Waals surface area contributed by atoms with Crippen LogP contribution < -0.4 is 0 Å². The van der Waals surface area contributed by atoms with Crippen LogP contribution in [0.15, 0.2) is 36.5 Å². The number of ether oxygens (including phenoxy) is 1. The fourth-order valence-corrected chi connectivity index (χ4v) is 2.72. The summed E-state index contributed by atoms with van der Waals surface area (Å²) >= 11 is 5.92. The van der Waals surface area contributed by atoms with Gasteiger partial charge in [-0.25, -0.2) is 14.8 Å². The van der Waals surface area contributed by atoms with Crippen LogP contribution in [-0.4, -0.2) is 26.1 Å². The zero-order chi connectivity index (χ0) is 20.0. The van der Waals surface area contributed by atoms with Crippen molar-refractivity contribution < 1.29 is 22.7 Å². The molecule has 0 unspecified atom stereocenters. The number of esters is 1. The number of hydrogen-bond donors (Lipinski definition) is 0. The number of nitrogens with zero attached hydrogens (tertiary/aromatic N) is 3. The monoisotopic (exact) mass is 397 g/mol. The molecule has 0 bridgehead atoms. The van der Waals surface area contributed by atoms with Gasteiger partial charge in [-0.2, -0.15) is 13.2 Å². The summed E-state index contributed by atoms with van der Waals surface area (Å²) < 4.78 is 46.9. The van der Waals surface area contributed by atoms with Gasteiger partial charge in [0.2, 0.25) is 0 Å². The fraction of sp³-hybridized carbons (Fsp3) is 0.278. The fourth-order valence-electron chi connectivity index (χ4n) is 2.57. The van der Waals surface area contributed by atoms with E-state index >= 15 is 0 Å². The molecule has 27 heavy (non-hydrogen) atoms. The Hall–Kier alpha value is -2.61. The quantitative estimate of drug-likeness (QED) is 0.448. The molecule has 0 fully saturated rings. The smallest absolute Gasteiger partial charge is 0.435 e. The molecule has 0 N–H and O–H groups in total. The standard InChI is InChI=1S/C18H15ClF3N3O2/c1-17(2,3)27-16(26)12-9-10-6-7-13(19)24-15(10)25(12)11-5-4-8-23-14(11)18(20,21)22/h4-9H,1-3H3. The molecule has 3 aromatic rings. The maximum absolute atomic E-state index is 13.5. The minimum absolute atomic E-state index is 0.0787. The van der Waals surface area contributed by atoms with Crippen molar-refractivity contribution in [1.29, 1.82) is 0 Å². The van der Waals surface area contributed by atoms with E-state index in [1.54, 1.807) is 26.8 Å². The van der Waals surface area contributed by atoms with Crippen molar-refractivity contribution in [3.63, 3.8) is 0 Å². The number of pyridine rings is 2. The third-order valence-electron chi connectivity index (χ3n) is 3.52. The van der Waals surface area contributed by atoms with E-state index in [2.05, 4.69) is 9.97 Å². The second kappa shape index (κ2) is 6.53. The van der Waals surface area contributed by atoms with E-state index in [0.29, 0.717) is 5.39 Å². The van der Waals surface area contributed by atoms with Crippen LogP contribution in [0.2, 0.25) is 5.15 Å². The van der Waals surface area contributed by atoms with Gasteiger partial charge in [-0.3, -0.25) is 4.57 Å². The Balaban J connectivity index is 2.33. The summed E-state index contributed by atoms with van der Waals surface area (Å²) in [6.45, 7) is 4.99. The summed E-state index contributed by atoms with van der Waals surface area (Å²) in [5.41, 5.74) is -2.31. The Morgan fingerprint density at radius 3 is 2.52 bits per heavy atom. The number of aromatic nitrogens is 3. The maximum Gasteiger partial charge on any atom is 0.435 e. The molecule has 0 radical (unpaired) electrons. The Bertz CT molecular complexity index is 1020. The van der Waals surface area contributed by atoms with Crippen molar-refractivity contribution in [2.24, 2.45) is 0 Å². The van der Waals surface area contributed by atoms with Gasteiger partial charge in [-0.05, 0) is 51.1 Å². The predicted molar refractivity (Wildman–Crippen MR) is 94.0 cm³/mol. The molecule has 5 nitrogen and oxygen atoms in total. The van der Waals surface area contributed by atoms with Gasteiger partial charge >= 0.3 is 12.1 Å². The summed E-state index contributed by atoms with van der Waals surface area (Å²) in [6.07, 6.45) is -3.69. The van der Waals surface area contributed by atoms with E-state index in [0.717, 1.165) is 10.8 Å². The van der Waals surface area contributed by atoms with Gasteiger partial charge in [0.15, 0.2) is 5.69 Å². The van der Waals surface area contributed by atoms with Gasteiger partial charge < -0.3 is 4.74 Å². The van der Waals surface area contributed by atoms with Crippen LogP contribution in [0.3, 0.4) is 0 Å². The third kappa shape index (κ3) is 3.90. The molecule has 0 aliphatic carbocycles. The second-order valence-electron chi connectivity index (χ2n) is 6.78. The Labute approximate surface area is 157 Å². The molecule has 0 atom stereocenters. The Morgan fingerprint density at radius 2 is 1.89 bits per heavy atom. The molecule has 3 heterocycles. The van der Waals surface area contributed by atoms with Crippen molar-refractivity contribution in [1.82, 2.24) is 14.5 Å². The lowest BCUT2D eigenvalue weighted by Crippen LogP contribution is -2.25. The van der Waals surface area contributed by atoms with E-state index < -0.39 is 23.4 Å². The first-order chi connectivity index (χ1) is 12.5. The highest BCUT2D eigenvalue weighted by Crippen LogP contribution is 2.35. The van der Waals surface area contributed by atoms with Gasteiger partial charge in [-0.1, -0.05) is 11.6 Å². The highest BCUT2D eigenvalue weighted by molar-refractivity contribution is 6.29. The molecule has 0 aliphatic rings. The summed E-state index contributed by atoms with van der Waals surface area (Å²) in [5.74, 6) is -0.784. The molecule has 0 saturated heterocycles. The molecule has 0 amide bonds. The van der Waals surface area contributed by atoms with Crippen molar-refractivity contribution in [2.45, 2.75) is 32.5 Å². The van der Waals surface area contributed by atoms with Crippen molar-refractivity contribution in [2.75, 3.05) is 0 Å². The predicted octanol–water partition coefficient (Wildman–Crippen LogP) is 5.05. The van der Waals surface area contributed by atoms with Gasteiger partial charge in [0.1, 0.15) is 22.1 Å². The number of carbonyl (C=O) groups excluding carboxylic acids is 1. The number of alkyl halides is 3. The highest BCUT2D eigenvalue weighted by Gasteiger charge is 2.37. The van der Waals surface area contributed by atoms with Gasteiger partial charge in [-0.15, -0.1) is 0 Å². The van der Waals surface area contributed by atoms with Crippen LogP contribution >= 0.6 is 11.6 Å². The minimum Gasteiger partial charge on any atom is -0.455 e. The number of fused-ring (bicyclic) bond motifs is 1. The van der Waals surface area contributed by atoms with Crippen LogP contribution in [0.5, 0.6) is 0 Å². The first kappa shape index (κ1) is 19.2. The van der Waals surface area contributed by atoms with Crippen molar-refractivity contribution in [3.8, 4) is 5.69 Å². The largest absolute Gasteiger partial charge is 0.455 e. The zero-order valence-electron chi connectivity index (χ0n) is 14.6. The molecule has 0 aromatic carbocycles. The number of rotatable bonds is 2. The lowest BCUT2D eigenvalue weighted by molar-refractivity contribution is -0.141. The first-order valence-electron chi connectivity index (χ1n) is 7.91. The molecule has 0 aliphatic heterocycles. The van der Waals surface area contributed by atoms with Crippen LogP contribution in [0.25, 0.3) is 16.7 Å². The average Bonchev–Trinajstić information content (AvgIpc) is 2.91. The number of carbonyl (C=O) groups is 1. The van der Waals surface area contributed by atoms with Crippen LogP contribution in [0.1, 0.15) is 37.0 Å². The van der Waals surface area contributed by atoms with Crippen LogP contribution in [0.4, 0.5) is 13.2 Å². The normalized spacial score (nSPS) is 12.4. The molecular formula is C18H15ClF3N3O2. The first-order valence-corrected chi connectivity index (χ1v) is 8.29. The van der Waals surface area contributed by atoms with Gasteiger partial charge in [0, 0.05) is 11.6 Å². The maximum atomic E-state index is 13.5. The second-order valence-corrected chi connectivity index (χ2v) is 7.17.